The highest BCUT2D eigenvalue weighted by Crippen LogP contribution is 2.26. The molecule has 0 aliphatic carbocycles. The molecule has 2 aliphatic rings. The first-order chi connectivity index (χ1) is 9.24. The number of cyclic esters (lactones) is 1. The van der Waals surface area contributed by atoms with Crippen molar-refractivity contribution in [1.29, 1.82) is 0 Å². The third-order valence-corrected chi connectivity index (χ3v) is 3.84. The summed E-state index contributed by atoms with van der Waals surface area (Å²) in [5, 5.41) is 0. The second-order valence-corrected chi connectivity index (χ2v) is 5.29. The van der Waals surface area contributed by atoms with Crippen molar-refractivity contribution in [2.75, 3.05) is 38.2 Å². The van der Waals surface area contributed by atoms with E-state index in [-0.39, 0.29) is 6.09 Å². The molecule has 3 heterocycles. The summed E-state index contributed by atoms with van der Waals surface area (Å²) in [4.78, 5) is 20.2. The van der Waals surface area contributed by atoms with Crippen molar-refractivity contribution >= 4 is 11.9 Å². The van der Waals surface area contributed by atoms with Crippen molar-refractivity contribution in [2.24, 2.45) is 0 Å². The first-order valence-corrected chi connectivity index (χ1v) is 6.84. The minimum absolute atomic E-state index is 0.287. The van der Waals surface area contributed by atoms with Gasteiger partial charge in [-0.15, -0.1) is 0 Å². The molecule has 1 amide bonds. The zero-order valence-electron chi connectivity index (χ0n) is 11.2. The molecule has 5 nitrogen and oxygen atoms in total. The number of pyridine rings is 1. The Bertz CT molecular complexity index is 478. The first kappa shape index (κ1) is 12.4. The van der Waals surface area contributed by atoms with Crippen LogP contribution in [0.3, 0.4) is 0 Å². The summed E-state index contributed by atoms with van der Waals surface area (Å²) in [5.74, 6) is 1.19. The lowest BCUT2D eigenvalue weighted by atomic mass is 9.94. The lowest BCUT2D eigenvalue weighted by Crippen LogP contribution is -2.31. The fraction of sp³-hybridized carbons (Fsp3) is 0.571. The Morgan fingerprint density at radius 1 is 1.37 bits per heavy atom. The van der Waals surface area contributed by atoms with Crippen LogP contribution in [0.2, 0.25) is 0 Å². The number of hydrogen-bond donors (Lipinski definition) is 0. The first-order valence-electron chi connectivity index (χ1n) is 6.84. The average molecular weight is 261 g/mol. The quantitative estimate of drug-likeness (QED) is 0.815. The van der Waals surface area contributed by atoms with Gasteiger partial charge >= 0.3 is 6.09 Å². The van der Waals surface area contributed by atoms with Gasteiger partial charge in [0.05, 0.1) is 6.54 Å². The topological polar surface area (TPSA) is 45.7 Å². The van der Waals surface area contributed by atoms with Gasteiger partial charge in [0.15, 0.2) is 0 Å². The Morgan fingerprint density at radius 2 is 2.26 bits per heavy atom. The van der Waals surface area contributed by atoms with E-state index in [0.717, 1.165) is 18.8 Å². The van der Waals surface area contributed by atoms with E-state index in [2.05, 4.69) is 23.0 Å². The van der Waals surface area contributed by atoms with E-state index in [4.69, 9.17) is 4.74 Å². The molecule has 0 bridgehead atoms. The van der Waals surface area contributed by atoms with Crippen molar-refractivity contribution in [3.8, 4) is 0 Å². The number of ether oxygens (including phenoxy) is 1. The van der Waals surface area contributed by atoms with Gasteiger partial charge in [-0.25, -0.2) is 9.78 Å². The molecular formula is C14H19N3O2. The van der Waals surface area contributed by atoms with Gasteiger partial charge < -0.3 is 9.64 Å². The molecule has 0 spiro atoms. The summed E-state index contributed by atoms with van der Waals surface area (Å²) in [6.07, 6.45) is 2.09. The molecule has 5 heteroatoms. The lowest BCUT2D eigenvalue weighted by Gasteiger charge is -2.29. The minimum Gasteiger partial charge on any atom is -0.447 e. The van der Waals surface area contributed by atoms with E-state index in [1.54, 1.807) is 4.90 Å². The largest absolute Gasteiger partial charge is 0.447 e. The molecule has 0 unspecified atom stereocenters. The van der Waals surface area contributed by atoms with Gasteiger partial charge in [-0.05, 0) is 38.6 Å². The zero-order chi connectivity index (χ0) is 13.2. The van der Waals surface area contributed by atoms with Gasteiger partial charge in [-0.2, -0.15) is 0 Å². The number of piperidine rings is 1. The van der Waals surface area contributed by atoms with Crippen molar-refractivity contribution in [3.05, 3.63) is 23.9 Å². The number of anilines is 1. The Kier molecular flexibility index (Phi) is 3.38. The maximum absolute atomic E-state index is 11.6. The number of carbonyl (C=O) groups is 1. The highest BCUT2D eigenvalue weighted by atomic mass is 16.6. The molecule has 102 valence electrons. The number of hydrogen-bond acceptors (Lipinski definition) is 4. The Balaban J connectivity index is 1.81. The van der Waals surface area contributed by atoms with Crippen LogP contribution in [0.1, 0.15) is 24.5 Å². The number of amides is 1. The van der Waals surface area contributed by atoms with Crippen molar-refractivity contribution in [2.45, 2.75) is 18.8 Å². The molecule has 1 atom stereocenters. The van der Waals surface area contributed by atoms with Crippen molar-refractivity contribution in [3.63, 3.8) is 0 Å². The van der Waals surface area contributed by atoms with Gasteiger partial charge in [-0.1, -0.05) is 6.07 Å². The van der Waals surface area contributed by atoms with Crippen molar-refractivity contribution < 1.29 is 9.53 Å². The van der Waals surface area contributed by atoms with Crippen LogP contribution in [0.15, 0.2) is 18.2 Å². The number of likely N-dealkylation sites (tertiary alicyclic amines) is 1. The predicted octanol–water partition coefficient (Wildman–Crippen LogP) is 1.85. The Labute approximate surface area is 113 Å². The van der Waals surface area contributed by atoms with Crippen LogP contribution in [0.5, 0.6) is 0 Å². The average Bonchev–Trinajstić information content (AvgIpc) is 2.85. The van der Waals surface area contributed by atoms with Gasteiger partial charge in [0.2, 0.25) is 0 Å². The summed E-state index contributed by atoms with van der Waals surface area (Å²) >= 11 is 0. The van der Waals surface area contributed by atoms with Gasteiger partial charge in [0.25, 0.3) is 0 Å². The molecule has 1 aromatic rings. The molecule has 0 aromatic carbocycles. The van der Waals surface area contributed by atoms with Crippen LogP contribution < -0.4 is 4.90 Å². The van der Waals surface area contributed by atoms with Crippen LogP contribution >= 0.6 is 0 Å². The molecule has 0 saturated carbocycles. The predicted molar refractivity (Wildman–Crippen MR) is 72.4 cm³/mol. The Hall–Kier alpha value is -1.62. The number of nitrogens with zero attached hydrogens (tertiary/aromatic N) is 3. The monoisotopic (exact) mass is 261 g/mol. The van der Waals surface area contributed by atoms with Crippen LogP contribution in [0, 0.1) is 0 Å². The molecule has 19 heavy (non-hydrogen) atoms. The second kappa shape index (κ2) is 5.17. The maximum Gasteiger partial charge on any atom is 0.415 e. The van der Waals surface area contributed by atoms with Crippen LogP contribution in [0.25, 0.3) is 0 Å². The summed E-state index contributed by atoms with van der Waals surface area (Å²) in [7, 11) is 2.15. The fourth-order valence-corrected chi connectivity index (χ4v) is 2.83. The molecule has 2 saturated heterocycles. The number of carbonyl (C=O) groups excluding carboxylic acids is 1. The summed E-state index contributed by atoms with van der Waals surface area (Å²) in [5.41, 5.74) is 1.09. The lowest BCUT2D eigenvalue weighted by molar-refractivity contribution is 0.181. The molecule has 0 radical (unpaired) electrons. The molecule has 1 aromatic heterocycles. The highest BCUT2D eigenvalue weighted by molar-refractivity contribution is 5.88. The molecule has 2 aliphatic heterocycles. The summed E-state index contributed by atoms with van der Waals surface area (Å²) < 4.78 is 4.96. The smallest absolute Gasteiger partial charge is 0.415 e. The SMILES string of the molecule is CN1CCC[C@H](c2cccc(N3CCOC3=O)n2)C1. The number of likely N-dealkylation sites (N-methyl/N-ethyl adjacent to an activating group) is 1. The molecule has 2 fully saturated rings. The standard InChI is InChI=1S/C14H19N3O2/c1-16-7-3-4-11(10-16)12-5-2-6-13(15-12)17-8-9-19-14(17)18/h2,5-6,11H,3-4,7-10H2,1H3/t11-/m0/s1. The molecule has 0 N–H and O–H groups in total. The third-order valence-electron chi connectivity index (χ3n) is 3.84. The zero-order valence-corrected chi connectivity index (χ0v) is 11.2. The maximum atomic E-state index is 11.6. The summed E-state index contributed by atoms with van der Waals surface area (Å²) in [6.45, 7) is 3.26. The highest BCUT2D eigenvalue weighted by Gasteiger charge is 2.26. The van der Waals surface area contributed by atoms with E-state index < -0.39 is 0 Å². The Morgan fingerprint density at radius 3 is 3.00 bits per heavy atom. The van der Waals surface area contributed by atoms with E-state index in [9.17, 15) is 4.79 Å². The van der Waals surface area contributed by atoms with E-state index >= 15 is 0 Å². The third kappa shape index (κ3) is 2.56. The number of rotatable bonds is 2. The van der Waals surface area contributed by atoms with E-state index in [1.165, 1.54) is 12.8 Å². The van der Waals surface area contributed by atoms with Gasteiger partial charge in [0.1, 0.15) is 12.4 Å². The molecular weight excluding hydrogens is 242 g/mol. The van der Waals surface area contributed by atoms with E-state index in [0.29, 0.717) is 24.9 Å². The fourth-order valence-electron chi connectivity index (χ4n) is 2.83. The minimum atomic E-state index is -0.287. The number of aromatic nitrogens is 1. The normalized spacial score (nSPS) is 24.6. The van der Waals surface area contributed by atoms with Crippen molar-refractivity contribution in [1.82, 2.24) is 9.88 Å². The summed E-state index contributed by atoms with van der Waals surface area (Å²) in [6, 6.07) is 5.93. The van der Waals surface area contributed by atoms with Crippen LogP contribution in [-0.4, -0.2) is 49.3 Å². The van der Waals surface area contributed by atoms with E-state index in [1.807, 2.05) is 12.1 Å². The van der Waals surface area contributed by atoms with Gasteiger partial charge in [0, 0.05) is 18.2 Å². The van der Waals surface area contributed by atoms with Crippen LogP contribution in [-0.2, 0) is 4.74 Å². The molecule has 3 rings (SSSR count). The van der Waals surface area contributed by atoms with Crippen LogP contribution in [0.4, 0.5) is 10.6 Å². The second-order valence-electron chi connectivity index (χ2n) is 5.29. The van der Waals surface area contributed by atoms with Gasteiger partial charge in [-0.3, -0.25) is 4.90 Å².